The van der Waals surface area contributed by atoms with Crippen LogP contribution in [0.5, 0.6) is 0 Å². The smallest absolute Gasteiger partial charge is 0.211 e. The van der Waals surface area contributed by atoms with Gasteiger partial charge in [0.25, 0.3) is 0 Å². The standard InChI is InChI=1S/C22H31N3O2S/c1-17(2)16-28(26,27)23-15-22(19-9-11-20(12-10-19)24(3)4)25-14-13-18-7-5-6-8-21(18)25/h5-12,17,22-23H,13-16H2,1-4H3/t22-/m0/s1. The minimum atomic E-state index is -3.30. The zero-order chi connectivity index (χ0) is 20.3. The van der Waals surface area contributed by atoms with E-state index in [4.69, 9.17) is 0 Å². The maximum absolute atomic E-state index is 12.4. The molecule has 152 valence electrons. The average Bonchev–Trinajstić information content (AvgIpc) is 3.05. The fraction of sp³-hybridized carbons (Fsp3) is 0.455. The molecule has 0 aromatic heterocycles. The molecule has 6 heteroatoms. The van der Waals surface area contributed by atoms with Crippen LogP contribution in [-0.4, -0.2) is 41.4 Å². The quantitative estimate of drug-likeness (QED) is 0.736. The summed E-state index contributed by atoms with van der Waals surface area (Å²) in [5, 5.41) is 0. The second kappa shape index (κ2) is 8.53. The number of anilines is 2. The molecule has 1 atom stereocenters. The van der Waals surface area contributed by atoms with Crippen LogP contribution in [0.15, 0.2) is 48.5 Å². The first kappa shape index (κ1) is 20.7. The Labute approximate surface area is 169 Å². The Balaban J connectivity index is 1.88. The van der Waals surface area contributed by atoms with Gasteiger partial charge in [-0.1, -0.05) is 44.2 Å². The van der Waals surface area contributed by atoms with E-state index in [0.717, 1.165) is 24.2 Å². The predicted octanol–water partition coefficient (Wildman–Crippen LogP) is 3.43. The molecule has 1 aliphatic rings. The van der Waals surface area contributed by atoms with Crippen molar-refractivity contribution in [3.05, 3.63) is 59.7 Å². The lowest BCUT2D eigenvalue weighted by Gasteiger charge is -2.31. The molecule has 0 amide bonds. The number of nitrogens with one attached hydrogen (secondary N) is 1. The number of hydrogen-bond acceptors (Lipinski definition) is 4. The molecule has 0 radical (unpaired) electrons. The molecule has 0 fully saturated rings. The van der Waals surface area contributed by atoms with Crippen LogP contribution in [0.2, 0.25) is 0 Å². The zero-order valence-electron chi connectivity index (χ0n) is 17.2. The Morgan fingerprint density at radius 1 is 1.07 bits per heavy atom. The van der Waals surface area contributed by atoms with Crippen molar-refractivity contribution in [1.29, 1.82) is 0 Å². The lowest BCUT2D eigenvalue weighted by Crippen LogP contribution is -2.39. The van der Waals surface area contributed by atoms with Crippen molar-refractivity contribution in [2.45, 2.75) is 26.3 Å². The highest BCUT2D eigenvalue weighted by atomic mass is 32.2. The SMILES string of the molecule is CC(C)CS(=O)(=O)NC[C@@H](c1ccc(N(C)C)cc1)N1CCc2ccccc21. The minimum absolute atomic E-state index is 0.0400. The Morgan fingerprint density at radius 2 is 1.75 bits per heavy atom. The average molecular weight is 402 g/mol. The van der Waals surface area contributed by atoms with Gasteiger partial charge >= 0.3 is 0 Å². The van der Waals surface area contributed by atoms with Crippen LogP contribution in [0.25, 0.3) is 0 Å². The lowest BCUT2D eigenvalue weighted by atomic mass is 10.0. The van der Waals surface area contributed by atoms with E-state index in [9.17, 15) is 8.42 Å². The van der Waals surface area contributed by atoms with Crippen molar-refractivity contribution < 1.29 is 8.42 Å². The van der Waals surface area contributed by atoms with Gasteiger partial charge in [0.1, 0.15) is 0 Å². The van der Waals surface area contributed by atoms with Crippen molar-refractivity contribution in [3.63, 3.8) is 0 Å². The largest absolute Gasteiger partial charge is 0.378 e. The van der Waals surface area contributed by atoms with E-state index >= 15 is 0 Å². The van der Waals surface area contributed by atoms with Crippen LogP contribution < -0.4 is 14.5 Å². The molecule has 0 spiro atoms. The Bertz CT molecular complexity index is 892. The van der Waals surface area contributed by atoms with Gasteiger partial charge in [-0.05, 0) is 41.7 Å². The number of hydrogen-bond donors (Lipinski definition) is 1. The first-order valence-electron chi connectivity index (χ1n) is 9.86. The first-order chi connectivity index (χ1) is 13.3. The van der Waals surface area contributed by atoms with Gasteiger partial charge in [0.2, 0.25) is 10.0 Å². The molecular weight excluding hydrogens is 370 g/mol. The number of rotatable bonds is 8. The molecule has 1 heterocycles. The van der Waals surface area contributed by atoms with E-state index in [1.165, 1.54) is 11.3 Å². The minimum Gasteiger partial charge on any atom is -0.378 e. The summed E-state index contributed by atoms with van der Waals surface area (Å²) >= 11 is 0. The molecule has 0 bridgehead atoms. The summed E-state index contributed by atoms with van der Waals surface area (Å²) in [6.45, 7) is 5.11. The molecule has 28 heavy (non-hydrogen) atoms. The molecule has 0 unspecified atom stereocenters. The second-order valence-electron chi connectivity index (χ2n) is 8.10. The number of sulfonamides is 1. The summed E-state index contributed by atoms with van der Waals surface area (Å²) in [6.07, 6.45) is 0.987. The Kier molecular flexibility index (Phi) is 6.30. The zero-order valence-corrected chi connectivity index (χ0v) is 18.0. The molecule has 0 saturated carbocycles. The highest BCUT2D eigenvalue weighted by molar-refractivity contribution is 7.89. The van der Waals surface area contributed by atoms with Crippen LogP contribution >= 0.6 is 0 Å². The van der Waals surface area contributed by atoms with Crippen molar-refractivity contribution in [3.8, 4) is 0 Å². The maximum atomic E-state index is 12.4. The predicted molar refractivity (Wildman–Crippen MR) is 118 cm³/mol. The monoisotopic (exact) mass is 401 g/mol. The number of para-hydroxylation sites is 1. The third-order valence-corrected chi connectivity index (χ3v) is 6.85. The fourth-order valence-electron chi connectivity index (χ4n) is 3.79. The number of nitrogens with zero attached hydrogens (tertiary/aromatic N) is 2. The van der Waals surface area contributed by atoms with Crippen LogP contribution in [-0.2, 0) is 16.4 Å². The third-order valence-electron chi connectivity index (χ3n) is 5.14. The summed E-state index contributed by atoms with van der Waals surface area (Å²) in [5.41, 5.74) is 4.77. The fourth-order valence-corrected chi connectivity index (χ4v) is 5.20. The Morgan fingerprint density at radius 3 is 2.39 bits per heavy atom. The molecule has 0 saturated heterocycles. The molecule has 2 aromatic carbocycles. The maximum Gasteiger partial charge on any atom is 0.211 e. The highest BCUT2D eigenvalue weighted by Gasteiger charge is 2.28. The van der Waals surface area contributed by atoms with Gasteiger partial charge in [0, 0.05) is 38.6 Å². The van der Waals surface area contributed by atoms with E-state index in [1.54, 1.807) is 0 Å². The molecule has 3 rings (SSSR count). The number of benzene rings is 2. The van der Waals surface area contributed by atoms with Crippen molar-refractivity contribution in [2.24, 2.45) is 5.92 Å². The molecule has 1 aliphatic heterocycles. The van der Waals surface area contributed by atoms with Crippen LogP contribution in [0.3, 0.4) is 0 Å². The lowest BCUT2D eigenvalue weighted by molar-refractivity contribution is 0.552. The van der Waals surface area contributed by atoms with Crippen molar-refractivity contribution in [1.82, 2.24) is 4.72 Å². The van der Waals surface area contributed by atoms with Gasteiger partial charge in [-0.15, -0.1) is 0 Å². The summed E-state index contributed by atoms with van der Waals surface area (Å²) in [4.78, 5) is 4.40. The second-order valence-corrected chi connectivity index (χ2v) is 9.95. The highest BCUT2D eigenvalue weighted by Crippen LogP contribution is 2.35. The van der Waals surface area contributed by atoms with Gasteiger partial charge in [-0.2, -0.15) is 0 Å². The van der Waals surface area contributed by atoms with Crippen molar-refractivity contribution >= 4 is 21.4 Å². The van der Waals surface area contributed by atoms with Crippen LogP contribution in [0.4, 0.5) is 11.4 Å². The van der Waals surface area contributed by atoms with Gasteiger partial charge < -0.3 is 9.80 Å². The van der Waals surface area contributed by atoms with Gasteiger partial charge in [0.15, 0.2) is 0 Å². The van der Waals surface area contributed by atoms with E-state index in [0.29, 0.717) is 6.54 Å². The molecule has 5 nitrogen and oxygen atoms in total. The third kappa shape index (κ3) is 4.86. The van der Waals surface area contributed by atoms with Gasteiger partial charge in [-0.3, -0.25) is 0 Å². The van der Waals surface area contributed by atoms with Gasteiger partial charge in [-0.25, -0.2) is 13.1 Å². The van der Waals surface area contributed by atoms with Crippen molar-refractivity contribution in [2.75, 3.05) is 42.7 Å². The van der Waals surface area contributed by atoms with Crippen LogP contribution in [0, 0.1) is 5.92 Å². The van der Waals surface area contributed by atoms with Crippen LogP contribution in [0.1, 0.15) is 31.0 Å². The van der Waals surface area contributed by atoms with E-state index in [2.05, 4.69) is 57.0 Å². The first-order valence-corrected chi connectivity index (χ1v) is 11.5. The summed E-state index contributed by atoms with van der Waals surface area (Å²) in [7, 11) is 0.737. The van der Waals surface area contributed by atoms with Gasteiger partial charge in [0.05, 0.1) is 11.8 Å². The topological polar surface area (TPSA) is 52.7 Å². The Hall–Kier alpha value is -2.05. The summed E-state index contributed by atoms with van der Waals surface area (Å²) in [6, 6.07) is 16.8. The molecule has 0 aliphatic carbocycles. The van der Waals surface area contributed by atoms with E-state index < -0.39 is 10.0 Å². The number of fused-ring (bicyclic) bond motifs is 1. The summed E-state index contributed by atoms with van der Waals surface area (Å²) in [5.74, 6) is 0.249. The van der Waals surface area contributed by atoms with E-state index in [1.807, 2.05) is 34.0 Å². The molecule has 1 N–H and O–H groups in total. The normalized spacial score (nSPS) is 15.0. The molecule has 2 aromatic rings. The molecular formula is C22H31N3O2S. The van der Waals surface area contributed by atoms with E-state index in [-0.39, 0.29) is 17.7 Å². The summed E-state index contributed by atoms with van der Waals surface area (Å²) < 4.78 is 27.7.